The van der Waals surface area contributed by atoms with Crippen LogP contribution in [0.3, 0.4) is 0 Å². The molecule has 1 aromatic carbocycles. The van der Waals surface area contributed by atoms with Gasteiger partial charge in [0.25, 0.3) is 0 Å². The molecule has 4 nitrogen and oxygen atoms in total. The maximum atomic E-state index is 12.7. The molecule has 0 saturated heterocycles. The SMILES string of the molecule is FC1Oc2cc3[nH]c(=S)[nH]c3cc2O1. The third-order valence-corrected chi connectivity index (χ3v) is 2.22. The summed E-state index contributed by atoms with van der Waals surface area (Å²) in [5.41, 5.74) is 1.54. The molecule has 14 heavy (non-hydrogen) atoms. The van der Waals surface area contributed by atoms with Gasteiger partial charge in [-0.1, -0.05) is 0 Å². The van der Waals surface area contributed by atoms with Crippen LogP contribution < -0.4 is 9.47 Å². The summed E-state index contributed by atoms with van der Waals surface area (Å²) in [6, 6.07) is 3.30. The number of imidazole rings is 1. The van der Waals surface area contributed by atoms with E-state index in [1.165, 1.54) is 0 Å². The summed E-state index contributed by atoms with van der Waals surface area (Å²) in [5.74, 6) is 0.769. The topological polar surface area (TPSA) is 50.0 Å². The lowest BCUT2D eigenvalue weighted by molar-refractivity contribution is -0.0651. The first-order valence-corrected chi connectivity index (χ1v) is 4.36. The number of H-pyrrole nitrogens is 2. The van der Waals surface area contributed by atoms with Gasteiger partial charge in [-0.2, -0.15) is 4.39 Å². The van der Waals surface area contributed by atoms with E-state index in [2.05, 4.69) is 9.97 Å². The number of halogens is 1. The van der Waals surface area contributed by atoms with Crippen LogP contribution in [0.5, 0.6) is 11.5 Å². The van der Waals surface area contributed by atoms with E-state index in [0.717, 1.165) is 11.0 Å². The van der Waals surface area contributed by atoms with Crippen molar-refractivity contribution in [3.8, 4) is 11.5 Å². The summed E-state index contributed by atoms with van der Waals surface area (Å²) >= 11 is 4.91. The number of nitrogens with one attached hydrogen (secondary N) is 2. The molecule has 2 N–H and O–H groups in total. The first-order valence-electron chi connectivity index (χ1n) is 3.96. The van der Waals surface area contributed by atoms with Gasteiger partial charge in [-0.15, -0.1) is 0 Å². The lowest BCUT2D eigenvalue weighted by Crippen LogP contribution is -2.09. The van der Waals surface area contributed by atoms with Gasteiger partial charge in [-0.3, -0.25) is 0 Å². The van der Waals surface area contributed by atoms with Crippen LogP contribution in [0.1, 0.15) is 0 Å². The third-order valence-electron chi connectivity index (χ3n) is 2.02. The fraction of sp³-hybridized carbons (Fsp3) is 0.125. The van der Waals surface area contributed by atoms with Crippen molar-refractivity contribution in [2.75, 3.05) is 0 Å². The Morgan fingerprint density at radius 3 is 2.14 bits per heavy atom. The van der Waals surface area contributed by atoms with E-state index in [-0.39, 0.29) is 0 Å². The summed E-state index contributed by atoms with van der Waals surface area (Å²) in [4.78, 5) is 5.81. The van der Waals surface area contributed by atoms with E-state index in [4.69, 9.17) is 21.7 Å². The Bertz CT molecular complexity index is 516. The molecular formula is C8H5FN2O2S. The molecule has 0 bridgehead atoms. The summed E-state index contributed by atoms with van der Waals surface area (Å²) in [5, 5.41) is 0. The molecule has 72 valence electrons. The molecule has 1 aliphatic heterocycles. The minimum absolute atomic E-state index is 0.384. The van der Waals surface area contributed by atoms with Crippen molar-refractivity contribution < 1.29 is 13.9 Å². The number of aromatic amines is 2. The molecule has 2 heterocycles. The average molecular weight is 212 g/mol. The van der Waals surface area contributed by atoms with Crippen molar-refractivity contribution in [3.63, 3.8) is 0 Å². The zero-order valence-corrected chi connectivity index (χ0v) is 7.65. The van der Waals surface area contributed by atoms with Crippen molar-refractivity contribution in [2.24, 2.45) is 0 Å². The van der Waals surface area contributed by atoms with Crippen molar-refractivity contribution in [3.05, 3.63) is 16.9 Å². The largest absolute Gasteiger partial charge is 0.425 e. The maximum Gasteiger partial charge on any atom is 0.397 e. The molecule has 3 rings (SSSR count). The number of fused-ring (bicyclic) bond motifs is 2. The Kier molecular flexibility index (Phi) is 1.38. The summed E-state index contributed by atoms with van der Waals surface area (Å²) in [6.07, 6.45) is 0. The van der Waals surface area contributed by atoms with Crippen LogP contribution in [-0.2, 0) is 0 Å². The van der Waals surface area contributed by atoms with Gasteiger partial charge in [0.05, 0.1) is 11.0 Å². The quantitative estimate of drug-likeness (QED) is 0.658. The van der Waals surface area contributed by atoms with Crippen molar-refractivity contribution in [1.82, 2.24) is 9.97 Å². The standard InChI is InChI=1S/C8H5FN2O2S/c9-7-12-5-1-3-4(2-6(5)13-7)11-8(14)10-3/h1-2,7H,(H2,10,11,14). The highest BCUT2D eigenvalue weighted by molar-refractivity contribution is 7.71. The minimum atomic E-state index is -1.71. The second-order valence-electron chi connectivity index (χ2n) is 2.93. The van der Waals surface area contributed by atoms with Crippen LogP contribution in [-0.4, -0.2) is 16.5 Å². The predicted molar refractivity (Wildman–Crippen MR) is 49.6 cm³/mol. The van der Waals surface area contributed by atoms with E-state index in [1.807, 2.05) is 0 Å². The van der Waals surface area contributed by atoms with Gasteiger partial charge >= 0.3 is 6.54 Å². The average Bonchev–Trinajstić information content (AvgIpc) is 2.59. The van der Waals surface area contributed by atoms with Crippen molar-refractivity contribution in [1.29, 1.82) is 0 Å². The fourth-order valence-corrected chi connectivity index (χ4v) is 1.67. The Morgan fingerprint density at radius 2 is 1.64 bits per heavy atom. The Hall–Kier alpha value is -1.56. The number of benzene rings is 1. The van der Waals surface area contributed by atoms with E-state index in [9.17, 15) is 4.39 Å². The number of hydrogen-bond acceptors (Lipinski definition) is 3. The predicted octanol–water partition coefficient (Wildman–Crippen LogP) is 2.25. The first kappa shape index (κ1) is 7.81. The summed E-state index contributed by atoms with van der Waals surface area (Å²) in [7, 11) is 0. The normalized spacial score (nSPS) is 15.2. The molecular weight excluding hydrogens is 207 g/mol. The Balaban J connectivity index is 2.30. The van der Waals surface area contributed by atoms with E-state index in [1.54, 1.807) is 12.1 Å². The first-order chi connectivity index (χ1) is 6.72. The second kappa shape index (κ2) is 2.48. The van der Waals surface area contributed by atoms with Crippen LogP contribution in [0.25, 0.3) is 11.0 Å². The van der Waals surface area contributed by atoms with Gasteiger partial charge in [0.2, 0.25) is 0 Å². The van der Waals surface area contributed by atoms with Crippen LogP contribution in [0.4, 0.5) is 4.39 Å². The van der Waals surface area contributed by atoms with Crippen LogP contribution in [0.15, 0.2) is 12.1 Å². The molecule has 0 radical (unpaired) electrons. The van der Waals surface area contributed by atoms with Crippen LogP contribution in [0, 0.1) is 4.77 Å². The van der Waals surface area contributed by atoms with Gasteiger partial charge in [-0.25, -0.2) is 0 Å². The van der Waals surface area contributed by atoms with Crippen molar-refractivity contribution in [2.45, 2.75) is 6.54 Å². The lowest BCUT2D eigenvalue weighted by Gasteiger charge is -1.94. The number of rotatable bonds is 0. The van der Waals surface area contributed by atoms with Crippen LogP contribution >= 0.6 is 12.2 Å². The maximum absolute atomic E-state index is 12.7. The third kappa shape index (κ3) is 1.00. The number of aromatic nitrogens is 2. The van der Waals surface area contributed by atoms with Gasteiger partial charge in [-0.05, 0) is 12.2 Å². The summed E-state index contributed by atoms with van der Waals surface area (Å²) < 4.78 is 22.7. The smallest absolute Gasteiger partial charge is 0.397 e. The highest BCUT2D eigenvalue weighted by Gasteiger charge is 2.24. The van der Waals surface area contributed by atoms with Crippen LogP contribution in [0.2, 0.25) is 0 Å². The van der Waals surface area contributed by atoms with Gasteiger partial charge < -0.3 is 19.4 Å². The number of hydrogen-bond donors (Lipinski definition) is 2. The number of alkyl halides is 1. The van der Waals surface area contributed by atoms with Crippen molar-refractivity contribution >= 4 is 23.3 Å². The lowest BCUT2D eigenvalue weighted by atomic mass is 10.3. The zero-order valence-electron chi connectivity index (χ0n) is 6.83. The Labute approximate surface area is 82.7 Å². The molecule has 0 unspecified atom stereocenters. The molecule has 1 aliphatic rings. The molecule has 0 amide bonds. The molecule has 0 aliphatic carbocycles. The molecule has 0 atom stereocenters. The van der Waals surface area contributed by atoms with Gasteiger partial charge in [0.15, 0.2) is 16.3 Å². The molecule has 0 saturated carbocycles. The molecule has 6 heteroatoms. The zero-order chi connectivity index (χ0) is 9.71. The molecule has 0 spiro atoms. The second-order valence-corrected chi connectivity index (χ2v) is 3.34. The van der Waals surface area contributed by atoms with E-state index >= 15 is 0 Å². The Morgan fingerprint density at radius 1 is 1.14 bits per heavy atom. The summed E-state index contributed by atoms with van der Waals surface area (Å²) in [6.45, 7) is -1.71. The molecule has 2 aromatic rings. The minimum Gasteiger partial charge on any atom is -0.425 e. The monoisotopic (exact) mass is 212 g/mol. The molecule has 0 fully saturated rings. The highest BCUT2D eigenvalue weighted by Crippen LogP contribution is 2.37. The van der Waals surface area contributed by atoms with E-state index in [0.29, 0.717) is 16.3 Å². The highest BCUT2D eigenvalue weighted by atomic mass is 32.1. The molecule has 1 aromatic heterocycles. The van der Waals surface area contributed by atoms with Gasteiger partial charge in [0.1, 0.15) is 0 Å². The number of ether oxygens (including phenoxy) is 2. The van der Waals surface area contributed by atoms with E-state index < -0.39 is 6.54 Å². The fourth-order valence-electron chi connectivity index (χ4n) is 1.45. The van der Waals surface area contributed by atoms with Gasteiger partial charge in [0, 0.05) is 12.1 Å².